The monoisotopic (exact) mass is 343 g/mol. The van der Waals surface area contributed by atoms with Crippen molar-refractivity contribution < 1.29 is 27.6 Å². The number of rotatable bonds is 4. The van der Waals surface area contributed by atoms with Gasteiger partial charge in [-0.05, 0) is 32.0 Å². The molecule has 0 aliphatic rings. The van der Waals surface area contributed by atoms with Crippen LogP contribution in [0.1, 0.15) is 28.7 Å². The summed E-state index contributed by atoms with van der Waals surface area (Å²) < 4.78 is 43.8. The average molecular weight is 343 g/mol. The Kier molecular flexibility index (Phi) is 4.58. The lowest BCUT2D eigenvalue weighted by molar-refractivity contribution is -0.384. The number of ether oxygens (including phenoxy) is 1. The lowest BCUT2D eigenvalue weighted by Gasteiger charge is -2.08. The number of benzene rings is 1. The highest BCUT2D eigenvalue weighted by Gasteiger charge is 2.35. The molecule has 0 atom stereocenters. The summed E-state index contributed by atoms with van der Waals surface area (Å²) in [7, 11) is 0. The molecular formula is C14H12F3N3O4. The van der Waals surface area contributed by atoms with Crippen molar-refractivity contribution in [2.75, 3.05) is 6.61 Å². The molecule has 0 saturated carbocycles. The Morgan fingerprint density at radius 2 is 2.04 bits per heavy atom. The molecule has 2 rings (SSSR count). The van der Waals surface area contributed by atoms with E-state index in [0.29, 0.717) is 0 Å². The Bertz CT molecular complexity index is 799. The fraction of sp³-hybridized carbons (Fsp3) is 0.286. The van der Waals surface area contributed by atoms with E-state index in [9.17, 15) is 28.1 Å². The van der Waals surface area contributed by atoms with Crippen LogP contribution < -0.4 is 0 Å². The maximum atomic E-state index is 12.7. The van der Waals surface area contributed by atoms with Gasteiger partial charge in [-0.3, -0.25) is 10.1 Å². The number of esters is 1. The Hall–Kier alpha value is -2.91. The van der Waals surface area contributed by atoms with Gasteiger partial charge in [0.25, 0.3) is 5.69 Å². The molecule has 0 aliphatic heterocycles. The zero-order chi connectivity index (χ0) is 18.1. The molecule has 0 spiro atoms. The number of carbonyl (C=O) groups excluding carboxylic acids is 1. The van der Waals surface area contributed by atoms with Crippen LogP contribution in [0.2, 0.25) is 0 Å². The van der Waals surface area contributed by atoms with Crippen molar-refractivity contribution >= 4 is 11.7 Å². The minimum atomic E-state index is -4.67. The normalized spacial score (nSPS) is 11.4. The van der Waals surface area contributed by atoms with Crippen LogP contribution in [0.3, 0.4) is 0 Å². The average Bonchev–Trinajstić information content (AvgIpc) is 2.88. The van der Waals surface area contributed by atoms with E-state index in [0.717, 1.165) is 22.9 Å². The second-order valence-electron chi connectivity index (χ2n) is 4.76. The fourth-order valence-corrected chi connectivity index (χ4v) is 2.05. The highest BCUT2D eigenvalue weighted by Crippen LogP contribution is 2.31. The lowest BCUT2D eigenvalue weighted by Crippen LogP contribution is -2.10. The van der Waals surface area contributed by atoms with Crippen molar-refractivity contribution in [3.63, 3.8) is 0 Å². The van der Waals surface area contributed by atoms with Crippen LogP contribution in [0.15, 0.2) is 24.3 Å². The standard InChI is InChI=1S/C14H12F3N3O4/c1-3-24-13(21)9-4-5-10(11(7-9)20(22)23)19-8(2)6-12(18-19)14(15,16)17/h4-7H,3H2,1-2H3. The van der Waals surface area contributed by atoms with Gasteiger partial charge in [-0.1, -0.05) is 0 Å². The summed E-state index contributed by atoms with van der Waals surface area (Å²) in [6.45, 7) is 3.00. The van der Waals surface area contributed by atoms with Crippen LogP contribution in [-0.4, -0.2) is 27.3 Å². The summed E-state index contributed by atoms with van der Waals surface area (Å²) in [4.78, 5) is 22.1. The molecule has 2 aromatic rings. The zero-order valence-electron chi connectivity index (χ0n) is 12.6. The van der Waals surface area contributed by atoms with Crippen LogP contribution in [0.4, 0.5) is 18.9 Å². The minimum Gasteiger partial charge on any atom is -0.462 e. The Morgan fingerprint density at radius 3 is 2.54 bits per heavy atom. The predicted molar refractivity (Wildman–Crippen MR) is 75.9 cm³/mol. The van der Waals surface area contributed by atoms with Crippen molar-refractivity contribution in [1.29, 1.82) is 0 Å². The summed E-state index contributed by atoms with van der Waals surface area (Å²) in [5, 5.41) is 14.6. The number of nitrogens with zero attached hydrogens (tertiary/aromatic N) is 3. The first-order valence-corrected chi connectivity index (χ1v) is 6.75. The number of carbonyl (C=O) groups is 1. The highest BCUT2D eigenvalue weighted by atomic mass is 19.4. The van der Waals surface area contributed by atoms with E-state index < -0.39 is 28.5 Å². The molecule has 7 nitrogen and oxygen atoms in total. The van der Waals surface area contributed by atoms with Crippen molar-refractivity contribution in [1.82, 2.24) is 9.78 Å². The summed E-state index contributed by atoms with van der Waals surface area (Å²) in [6, 6.07) is 4.12. The van der Waals surface area contributed by atoms with Crippen LogP contribution in [0.5, 0.6) is 0 Å². The van der Waals surface area contributed by atoms with Crippen LogP contribution in [0.25, 0.3) is 5.69 Å². The van der Waals surface area contributed by atoms with Gasteiger partial charge in [0.1, 0.15) is 5.69 Å². The first-order valence-electron chi connectivity index (χ1n) is 6.75. The number of nitro groups is 1. The smallest absolute Gasteiger partial charge is 0.435 e. The molecule has 128 valence electrons. The van der Waals surface area contributed by atoms with E-state index in [4.69, 9.17) is 4.74 Å². The summed E-state index contributed by atoms with van der Waals surface area (Å²) in [6.07, 6.45) is -4.67. The predicted octanol–water partition coefficient (Wildman–Crippen LogP) is 3.28. The largest absolute Gasteiger partial charge is 0.462 e. The number of aryl methyl sites for hydroxylation is 1. The van der Waals surface area contributed by atoms with Crippen molar-refractivity contribution in [2.24, 2.45) is 0 Å². The van der Waals surface area contributed by atoms with E-state index in [1.165, 1.54) is 13.0 Å². The minimum absolute atomic E-state index is 0.0642. The van der Waals surface area contributed by atoms with Crippen LogP contribution >= 0.6 is 0 Å². The second-order valence-corrected chi connectivity index (χ2v) is 4.76. The number of nitro benzene ring substituents is 1. The van der Waals surface area contributed by atoms with Gasteiger partial charge >= 0.3 is 12.1 Å². The van der Waals surface area contributed by atoms with E-state index in [1.807, 2.05) is 0 Å². The fourth-order valence-electron chi connectivity index (χ4n) is 2.05. The molecule has 0 fully saturated rings. The number of halogens is 3. The highest BCUT2D eigenvalue weighted by molar-refractivity contribution is 5.90. The molecule has 0 bridgehead atoms. The Labute approximate surface area is 133 Å². The molecule has 1 heterocycles. The lowest BCUT2D eigenvalue weighted by atomic mass is 10.1. The SMILES string of the molecule is CCOC(=O)c1ccc(-n2nc(C(F)(F)F)cc2C)c([N+](=O)[O-])c1. The van der Waals surface area contributed by atoms with Gasteiger partial charge in [0.2, 0.25) is 0 Å². The van der Waals surface area contributed by atoms with Crippen LogP contribution in [0, 0.1) is 17.0 Å². The van der Waals surface area contributed by atoms with Crippen molar-refractivity contribution in [3.05, 3.63) is 51.3 Å². The summed E-state index contributed by atoms with van der Waals surface area (Å²) >= 11 is 0. The number of hydrogen-bond acceptors (Lipinski definition) is 5. The maximum Gasteiger partial charge on any atom is 0.435 e. The number of hydrogen-bond donors (Lipinski definition) is 0. The third-order valence-corrected chi connectivity index (χ3v) is 3.09. The molecule has 10 heteroatoms. The molecule has 1 aromatic heterocycles. The molecule has 0 unspecified atom stereocenters. The Balaban J connectivity index is 2.57. The molecular weight excluding hydrogens is 331 g/mol. The van der Waals surface area contributed by atoms with Crippen LogP contribution in [-0.2, 0) is 10.9 Å². The maximum absolute atomic E-state index is 12.7. The van der Waals surface area contributed by atoms with E-state index in [1.54, 1.807) is 6.92 Å². The number of aromatic nitrogens is 2. The number of alkyl halides is 3. The third kappa shape index (κ3) is 3.36. The molecule has 0 saturated heterocycles. The molecule has 0 aliphatic carbocycles. The van der Waals surface area contributed by atoms with E-state index in [2.05, 4.69) is 5.10 Å². The van der Waals surface area contributed by atoms with Crippen molar-refractivity contribution in [2.45, 2.75) is 20.0 Å². The summed E-state index contributed by atoms with van der Waals surface area (Å²) in [5.41, 5.74) is -1.91. The third-order valence-electron chi connectivity index (χ3n) is 3.09. The quantitative estimate of drug-likeness (QED) is 0.483. The van der Waals surface area contributed by atoms with Gasteiger partial charge < -0.3 is 4.74 Å². The molecule has 0 amide bonds. The molecule has 0 radical (unpaired) electrons. The first-order chi connectivity index (χ1) is 11.1. The Morgan fingerprint density at radius 1 is 1.38 bits per heavy atom. The molecule has 24 heavy (non-hydrogen) atoms. The second kappa shape index (κ2) is 6.30. The van der Waals surface area contributed by atoms with Crippen molar-refractivity contribution in [3.8, 4) is 5.69 Å². The van der Waals surface area contributed by atoms with E-state index >= 15 is 0 Å². The van der Waals surface area contributed by atoms with Gasteiger partial charge in [-0.15, -0.1) is 0 Å². The first kappa shape index (κ1) is 17.4. The zero-order valence-corrected chi connectivity index (χ0v) is 12.6. The molecule has 0 N–H and O–H groups in total. The van der Waals surface area contributed by atoms with Gasteiger partial charge in [0.15, 0.2) is 5.69 Å². The van der Waals surface area contributed by atoms with Gasteiger partial charge in [-0.25, -0.2) is 9.48 Å². The topological polar surface area (TPSA) is 87.3 Å². The van der Waals surface area contributed by atoms with E-state index in [-0.39, 0.29) is 23.6 Å². The summed E-state index contributed by atoms with van der Waals surface area (Å²) in [5.74, 6) is -0.764. The van der Waals surface area contributed by atoms with Gasteiger partial charge in [0.05, 0.1) is 17.1 Å². The van der Waals surface area contributed by atoms with Gasteiger partial charge in [-0.2, -0.15) is 18.3 Å². The molecule has 1 aromatic carbocycles. The van der Waals surface area contributed by atoms with Gasteiger partial charge in [0, 0.05) is 11.8 Å².